The van der Waals surface area contributed by atoms with Gasteiger partial charge in [-0.3, -0.25) is 4.98 Å². The molecule has 2 aromatic rings. The highest BCUT2D eigenvalue weighted by Gasteiger charge is 2.07. The zero-order valence-electron chi connectivity index (χ0n) is 7.58. The molecule has 0 spiro atoms. The summed E-state index contributed by atoms with van der Waals surface area (Å²) in [6.07, 6.45) is 1.59. The maximum Gasteiger partial charge on any atom is 0.337 e. The van der Waals surface area contributed by atoms with Gasteiger partial charge < -0.3 is 5.11 Å². The van der Waals surface area contributed by atoms with Crippen LogP contribution in [0.3, 0.4) is 0 Å². The average molecular weight is 246 g/mol. The maximum atomic E-state index is 10.8. The minimum atomic E-state index is -0.940. The van der Waals surface area contributed by atoms with E-state index >= 15 is 0 Å². The van der Waals surface area contributed by atoms with Gasteiger partial charge in [-0.1, -0.05) is 18.2 Å². The Labute approximate surface area is 99.0 Å². The molecule has 0 aliphatic carbocycles. The zero-order chi connectivity index (χ0) is 9.26. The van der Waals surface area contributed by atoms with E-state index in [1.807, 2.05) is 12.1 Å². The average Bonchev–Trinajstić information content (AvgIpc) is 2.17. The van der Waals surface area contributed by atoms with Gasteiger partial charge in [-0.15, -0.1) is 24.8 Å². The third kappa shape index (κ3) is 2.58. The molecule has 0 amide bonds. The number of aromatic nitrogens is 1. The van der Waals surface area contributed by atoms with Gasteiger partial charge in [0.1, 0.15) is 0 Å². The van der Waals surface area contributed by atoms with Gasteiger partial charge in [-0.05, 0) is 12.1 Å². The predicted molar refractivity (Wildman–Crippen MR) is 63.2 cm³/mol. The van der Waals surface area contributed by atoms with Crippen LogP contribution in [0.25, 0.3) is 10.9 Å². The minimum absolute atomic E-state index is 0. The molecule has 1 N–H and O–H groups in total. The van der Waals surface area contributed by atoms with E-state index in [4.69, 9.17) is 5.11 Å². The number of rotatable bonds is 1. The number of pyridine rings is 1. The molecule has 0 unspecified atom stereocenters. The third-order valence-electron chi connectivity index (χ3n) is 1.86. The van der Waals surface area contributed by atoms with Crippen LogP contribution in [0.15, 0.2) is 36.5 Å². The van der Waals surface area contributed by atoms with Crippen molar-refractivity contribution in [2.75, 3.05) is 0 Å². The maximum absolute atomic E-state index is 10.8. The van der Waals surface area contributed by atoms with E-state index in [1.165, 1.54) is 0 Å². The van der Waals surface area contributed by atoms with Crippen molar-refractivity contribution < 1.29 is 9.90 Å². The predicted octanol–water partition coefficient (Wildman–Crippen LogP) is 2.78. The molecule has 0 radical (unpaired) electrons. The van der Waals surface area contributed by atoms with E-state index < -0.39 is 5.97 Å². The number of carboxylic acid groups (broad SMARTS) is 1. The van der Waals surface area contributed by atoms with Gasteiger partial charge in [0.05, 0.1) is 11.1 Å². The molecule has 0 saturated carbocycles. The summed E-state index contributed by atoms with van der Waals surface area (Å²) in [6.45, 7) is 0. The molecule has 80 valence electrons. The zero-order valence-corrected chi connectivity index (χ0v) is 9.22. The van der Waals surface area contributed by atoms with Crippen molar-refractivity contribution in [2.45, 2.75) is 0 Å². The summed E-state index contributed by atoms with van der Waals surface area (Å²) in [5.41, 5.74) is 0.788. The second kappa shape index (κ2) is 5.53. The summed E-state index contributed by atoms with van der Waals surface area (Å²) < 4.78 is 0. The van der Waals surface area contributed by atoms with Crippen molar-refractivity contribution in [1.82, 2.24) is 4.98 Å². The Morgan fingerprint density at radius 1 is 1.13 bits per heavy atom. The number of fused-ring (bicyclic) bond motifs is 1. The van der Waals surface area contributed by atoms with Crippen molar-refractivity contribution in [3.8, 4) is 0 Å². The van der Waals surface area contributed by atoms with Gasteiger partial charge in [-0.2, -0.15) is 0 Å². The Morgan fingerprint density at radius 2 is 1.80 bits per heavy atom. The molecule has 3 nitrogen and oxygen atoms in total. The van der Waals surface area contributed by atoms with E-state index in [1.54, 1.807) is 24.4 Å². The Bertz CT molecular complexity index is 468. The van der Waals surface area contributed by atoms with Gasteiger partial charge in [-0.25, -0.2) is 4.79 Å². The second-order valence-electron chi connectivity index (χ2n) is 2.69. The largest absolute Gasteiger partial charge is 0.478 e. The molecule has 15 heavy (non-hydrogen) atoms. The van der Waals surface area contributed by atoms with Crippen LogP contribution in [0.5, 0.6) is 0 Å². The van der Waals surface area contributed by atoms with E-state index in [2.05, 4.69) is 4.98 Å². The first kappa shape index (κ1) is 13.7. The molecule has 2 rings (SSSR count). The fourth-order valence-corrected chi connectivity index (χ4v) is 1.28. The molecule has 1 heterocycles. The first-order valence-electron chi connectivity index (χ1n) is 3.86. The molecule has 1 aromatic carbocycles. The van der Waals surface area contributed by atoms with Crippen LogP contribution < -0.4 is 0 Å². The third-order valence-corrected chi connectivity index (χ3v) is 1.86. The van der Waals surface area contributed by atoms with Crippen LogP contribution in [0.4, 0.5) is 0 Å². The lowest BCUT2D eigenvalue weighted by Crippen LogP contribution is -1.97. The Morgan fingerprint density at radius 3 is 2.47 bits per heavy atom. The van der Waals surface area contributed by atoms with Crippen LogP contribution in [-0.4, -0.2) is 16.1 Å². The number of nitrogens with zero attached hydrogens (tertiary/aromatic N) is 1. The molecule has 0 atom stereocenters. The number of carbonyl (C=O) groups is 1. The minimum Gasteiger partial charge on any atom is -0.478 e. The standard InChI is InChI=1S/C10H7NO2.2ClH/c12-10(13)8-5-1-3-7-4-2-6-11-9(7)8;;/h1-6H,(H,12,13);2*1H. The summed E-state index contributed by atoms with van der Waals surface area (Å²) >= 11 is 0. The topological polar surface area (TPSA) is 50.2 Å². The van der Waals surface area contributed by atoms with Crippen molar-refractivity contribution >= 4 is 41.7 Å². The fraction of sp³-hybridized carbons (Fsp3) is 0. The van der Waals surface area contributed by atoms with Crippen molar-refractivity contribution in [3.63, 3.8) is 0 Å². The summed E-state index contributed by atoms with van der Waals surface area (Å²) in [5, 5.41) is 9.69. The fourth-order valence-electron chi connectivity index (χ4n) is 1.28. The van der Waals surface area contributed by atoms with Gasteiger partial charge in [0, 0.05) is 11.6 Å². The quantitative estimate of drug-likeness (QED) is 0.841. The Balaban J connectivity index is 0.000000980. The number of carboxylic acids is 1. The number of hydrogen-bond donors (Lipinski definition) is 1. The summed E-state index contributed by atoms with van der Waals surface area (Å²) in [4.78, 5) is 14.8. The first-order valence-corrected chi connectivity index (χ1v) is 3.86. The highest BCUT2D eigenvalue weighted by Crippen LogP contribution is 2.15. The van der Waals surface area contributed by atoms with E-state index in [-0.39, 0.29) is 30.4 Å². The molecule has 1 aromatic heterocycles. The van der Waals surface area contributed by atoms with Gasteiger partial charge in [0.15, 0.2) is 0 Å². The van der Waals surface area contributed by atoms with E-state index in [0.717, 1.165) is 5.39 Å². The van der Waals surface area contributed by atoms with Crippen molar-refractivity contribution in [2.24, 2.45) is 0 Å². The number of benzene rings is 1. The van der Waals surface area contributed by atoms with Crippen LogP contribution in [0.2, 0.25) is 0 Å². The summed E-state index contributed by atoms with van der Waals surface area (Å²) in [5.74, 6) is -0.940. The highest BCUT2D eigenvalue weighted by atomic mass is 35.5. The molecule has 0 saturated heterocycles. The van der Waals surface area contributed by atoms with Crippen molar-refractivity contribution in [1.29, 1.82) is 0 Å². The van der Waals surface area contributed by atoms with Gasteiger partial charge in [0.2, 0.25) is 0 Å². The molecular weight excluding hydrogens is 237 g/mol. The molecular formula is C10H9Cl2NO2. The summed E-state index contributed by atoms with van der Waals surface area (Å²) in [7, 11) is 0. The lowest BCUT2D eigenvalue weighted by molar-refractivity contribution is 0.0699. The SMILES string of the molecule is Cl.Cl.O=C(O)c1cccc2cccnc12. The van der Waals surface area contributed by atoms with Gasteiger partial charge in [0.25, 0.3) is 0 Å². The second-order valence-corrected chi connectivity index (χ2v) is 2.69. The number of hydrogen-bond acceptors (Lipinski definition) is 2. The molecule has 0 fully saturated rings. The molecule has 5 heteroatoms. The monoisotopic (exact) mass is 245 g/mol. The first-order chi connectivity index (χ1) is 6.29. The lowest BCUT2D eigenvalue weighted by atomic mass is 10.1. The van der Waals surface area contributed by atoms with E-state index in [0.29, 0.717) is 5.52 Å². The number of para-hydroxylation sites is 1. The van der Waals surface area contributed by atoms with Crippen LogP contribution in [0.1, 0.15) is 10.4 Å². The van der Waals surface area contributed by atoms with Crippen molar-refractivity contribution in [3.05, 3.63) is 42.1 Å². The molecule has 0 aliphatic heterocycles. The van der Waals surface area contributed by atoms with E-state index in [9.17, 15) is 4.79 Å². The number of halogens is 2. The van der Waals surface area contributed by atoms with Crippen LogP contribution in [0, 0.1) is 0 Å². The lowest BCUT2D eigenvalue weighted by Gasteiger charge is -1.99. The smallest absolute Gasteiger partial charge is 0.337 e. The molecule has 0 aliphatic rings. The van der Waals surface area contributed by atoms with Crippen LogP contribution in [-0.2, 0) is 0 Å². The summed E-state index contributed by atoms with van der Waals surface area (Å²) in [6, 6.07) is 8.74. The number of aromatic carboxylic acids is 1. The highest BCUT2D eigenvalue weighted by molar-refractivity contribution is 6.01. The Kier molecular flexibility index (Phi) is 5.05. The normalized spacial score (nSPS) is 8.80. The Hall–Kier alpha value is -1.32. The van der Waals surface area contributed by atoms with Crippen LogP contribution >= 0.6 is 24.8 Å². The van der Waals surface area contributed by atoms with Gasteiger partial charge >= 0.3 is 5.97 Å². The molecule has 0 bridgehead atoms.